The van der Waals surface area contributed by atoms with Crippen molar-refractivity contribution in [3.63, 3.8) is 0 Å². The molecule has 2 aromatic heterocycles. The number of benzene rings is 3. The maximum absolute atomic E-state index is 13.7. The molecule has 3 aromatic carbocycles. The summed E-state index contributed by atoms with van der Waals surface area (Å²) in [5, 5.41) is 11.3. The van der Waals surface area contributed by atoms with Gasteiger partial charge in [0.1, 0.15) is 16.0 Å². The fraction of sp³-hybridized carbons (Fsp3) is 0.111. The Labute approximate surface area is 211 Å². The van der Waals surface area contributed by atoms with E-state index in [0.717, 1.165) is 17.7 Å². The highest BCUT2D eigenvalue weighted by Crippen LogP contribution is 2.39. The Morgan fingerprint density at radius 1 is 1.00 bits per heavy atom. The number of hydrogen-bond acceptors (Lipinski definition) is 6. The van der Waals surface area contributed by atoms with Crippen LogP contribution in [0, 0.1) is 0 Å². The van der Waals surface area contributed by atoms with Gasteiger partial charge in [-0.15, -0.1) is 0 Å². The van der Waals surface area contributed by atoms with Gasteiger partial charge < -0.3 is 18.8 Å². The minimum Gasteiger partial charge on any atom is -0.505 e. The van der Waals surface area contributed by atoms with E-state index in [1.54, 1.807) is 55.6 Å². The van der Waals surface area contributed by atoms with Gasteiger partial charge in [0, 0.05) is 10.3 Å². The molecule has 0 unspecified atom stereocenters. The van der Waals surface area contributed by atoms with Crippen molar-refractivity contribution in [1.82, 2.24) is 4.57 Å². The summed E-state index contributed by atoms with van der Waals surface area (Å²) in [5.41, 5.74) is -1.32. The second-order valence-corrected chi connectivity index (χ2v) is 9.24. The van der Waals surface area contributed by atoms with E-state index in [4.69, 9.17) is 9.15 Å². The molecule has 0 fully saturated rings. The van der Waals surface area contributed by atoms with Crippen LogP contribution in [-0.2, 0) is 12.7 Å². The molecule has 5 rings (SSSR count). The molecule has 0 saturated heterocycles. The molecular weight excluding hydrogens is 507 g/mol. The third-order valence-corrected chi connectivity index (χ3v) is 6.89. The quantitative estimate of drug-likeness (QED) is 0.282. The number of aromatic nitrogens is 1. The van der Waals surface area contributed by atoms with Crippen molar-refractivity contribution in [3.8, 4) is 11.5 Å². The summed E-state index contributed by atoms with van der Waals surface area (Å²) in [6, 6.07) is 18.2. The van der Waals surface area contributed by atoms with Gasteiger partial charge in [0.05, 0.1) is 24.7 Å². The van der Waals surface area contributed by atoms with Crippen LogP contribution in [0.4, 0.5) is 13.2 Å². The van der Waals surface area contributed by atoms with Gasteiger partial charge in [-0.25, -0.2) is 4.79 Å². The van der Waals surface area contributed by atoms with E-state index in [1.807, 2.05) is 0 Å². The third kappa shape index (κ3) is 4.55. The van der Waals surface area contributed by atoms with Crippen LogP contribution >= 0.6 is 11.8 Å². The largest absolute Gasteiger partial charge is 0.505 e. The van der Waals surface area contributed by atoms with Gasteiger partial charge in [-0.1, -0.05) is 42.1 Å². The second-order valence-electron chi connectivity index (χ2n) is 8.16. The van der Waals surface area contributed by atoms with Crippen LogP contribution in [0.5, 0.6) is 11.5 Å². The van der Waals surface area contributed by atoms with Gasteiger partial charge in [-0.2, -0.15) is 13.2 Å². The molecule has 0 spiro atoms. The first-order valence-corrected chi connectivity index (χ1v) is 11.8. The normalized spacial score (nSPS) is 11.8. The SMILES string of the molecule is COc1ccc(Cn2c(=O)c3c(O)c(Sc4cccc(C(F)(F)F)c4)c(=O)oc3c3ccccc32)cc1. The van der Waals surface area contributed by atoms with Crippen molar-refractivity contribution in [3.05, 3.63) is 105 Å². The molecule has 0 amide bonds. The van der Waals surface area contributed by atoms with E-state index in [1.165, 1.54) is 16.7 Å². The molecule has 0 aliphatic rings. The number of para-hydroxylation sites is 1. The summed E-state index contributed by atoms with van der Waals surface area (Å²) in [6.45, 7) is 0.147. The first-order valence-electron chi connectivity index (χ1n) is 11.0. The molecule has 0 aliphatic heterocycles. The third-order valence-electron chi connectivity index (χ3n) is 5.84. The molecule has 0 radical (unpaired) electrons. The average molecular weight is 526 g/mol. The van der Waals surface area contributed by atoms with Crippen molar-refractivity contribution < 1.29 is 27.4 Å². The van der Waals surface area contributed by atoms with Gasteiger partial charge in [0.2, 0.25) is 0 Å². The van der Waals surface area contributed by atoms with E-state index in [-0.39, 0.29) is 27.3 Å². The van der Waals surface area contributed by atoms with Crippen LogP contribution in [0.15, 0.2) is 96.6 Å². The van der Waals surface area contributed by atoms with Gasteiger partial charge in [-0.05, 0) is 48.0 Å². The Morgan fingerprint density at radius 3 is 2.43 bits per heavy atom. The summed E-state index contributed by atoms with van der Waals surface area (Å²) >= 11 is 0.596. The summed E-state index contributed by atoms with van der Waals surface area (Å²) in [7, 11) is 1.54. The van der Waals surface area contributed by atoms with Crippen LogP contribution < -0.4 is 15.9 Å². The molecule has 37 heavy (non-hydrogen) atoms. The second kappa shape index (κ2) is 9.36. The molecule has 0 aliphatic carbocycles. The molecule has 188 valence electrons. The number of ether oxygens (including phenoxy) is 1. The number of halogens is 3. The maximum Gasteiger partial charge on any atom is 0.416 e. The standard InChI is InChI=1S/C27H18F3NO5S/c1-35-17-11-9-15(10-12-17)14-31-20-8-3-2-7-19(20)23-21(25(31)33)22(32)24(26(34)36-23)37-18-6-4-5-16(13-18)27(28,29)30/h2-13,32H,14H2,1H3. The number of fused-ring (bicyclic) bond motifs is 3. The number of aromatic hydroxyl groups is 1. The van der Waals surface area contributed by atoms with Crippen LogP contribution in [0.1, 0.15) is 11.1 Å². The molecule has 1 N–H and O–H groups in total. The minimum absolute atomic E-state index is 0.0520. The molecule has 0 saturated carbocycles. The summed E-state index contributed by atoms with van der Waals surface area (Å²) in [4.78, 5) is 26.2. The van der Waals surface area contributed by atoms with E-state index >= 15 is 0 Å². The highest BCUT2D eigenvalue weighted by Gasteiger charge is 2.31. The van der Waals surface area contributed by atoms with E-state index in [2.05, 4.69) is 0 Å². The van der Waals surface area contributed by atoms with Crippen LogP contribution in [0.25, 0.3) is 21.9 Å². The Balaban J connectivity index is 1.70. The van der Waals surface area contributed by atoms with Crippen LogP contribution in [0.3, 0.4) is 0 Å². The van der Waals surface area contributed by atoms with Crippen molar-refractivity contribution in [2.75, 3.05) is 7.11 Å². The predicted octanol–water partition coefficient (Wildman–Crippen LogP) is 6.04. The zero-order valence-electron chi connectivity index (χ0n) is 19.2. The van der Waals surface area contributed by atoms with Crippen molar-refractivity contribution in [2.45, 2.75) is 22.5 Å². The zero-order valence-corrected chi connectivity index (χ0v) is 20.0. The number of methoxy groups -OCH3 is 1. The molecule has 0 bridgehead atoms. The lowest BCUT2D eigenvalue weighted by Crippen LogP contribution is -2.22. The average Bonchev–Trinajstić information content (AvgIpc) is 2.88. The minimum atomic E-state index is -4.58. The highest BCUT2D eigenvalue weighted by atomic mass is 32.2. The van der Waals surface area contributed by atoms with Crippen molar-refractivity contribution in [2.24, 2.45) is 0 Å². The van der Waals surface area contributed by atoms with Gasteiger partial charge in [0.15, 0.2) is 11.3 Å². The lowest BCUT2D eigenvalue weighted by atomic mass is 10.1. The van der Waals surface area contributed by atoms with Crippen molar-refractivity contribution in [1.29, 1.82) is 0 Å². The first kappa shape index (κ1) is 24.5. The number of nitrogens with zero attached hydrogens (tertiary/aromatic N) is 1. The molecule has 6 nitrogen and oxygen atoms in total. The maximum atomic E-state index is 13.7. The molecule has 0 atom stereocenters. The first-order chi connectivity index (χ1) is 17.7. The Kier molecular flexibility index (Phi) is 6.20. The molecule has 10 heteroatoms. The Hall–Kier alpha value is -4.18. The summed E-state index contributed by atoms with van der Waals surface area (Å²) in [5.74, 6) is 0.00282. The van der Waals surface area contributed by atoms with Gasteiger partial charge in [-0.3, -0.25) is 4.79 Å². The van der Waals surface area contributed by atoms with Crippen LogP contribution in [-0.4, -0.2) is 16.8 Å². The fourth-order valence-electron chi connectivity index (χ4n) is 4.06. The predicted molar refractivity (Wildman–Crippen MR) is 134 cm³/mol. The fourth-order valence-corrected chi connectivity index (χ4v) is 4.95. The highest BCUT2D eigenvalue weighted by molar-refractivity contribution is 7.99. The van der Waals surface area contributed by atoms with E-state index < -0.39 is 28.7 Å². The van der Waals surface area contributed by atoms with Crippen molar-refractivity contribution >= 4 is 33.6 Å². The monoisotopic (exact) mass is 525 g/mol. The lowest BCUT2D eigenvalue weighted by Gasteiger charge is -2.14. The van der Waals surface area contributed by atoms with Gasteiger partial charge in [0.25, 0.3) is 5.56 Å². The number of hydrogen-bond donors (Lipinski definition) is 1. The zero-order chi connectivity index (χ0) is 26.3. The molecule has 2 heterocycles. The lowest BCUT2D eigenvalue weighted by molar-refractivity contribution is -0.137. The summed E-state index contributed by atoms with van der Waals surface area (Å²) < 4.78 is 51.6. The van der Waals surface area contributed by atoms with Gasteiger partial charge >= 0.3 is 11.8 Å². The Bertz CT molecular complexity index is 1760. The number of rotatable bonds is 5. The topological polar surface area (TPSA) is 81.7 Å². The van der Waals surface area contributed by atoms with E-state index in [9.17, 15) is 27.9 Å². The van der Waals surface area contributed by atoms with Crippen LogP contribution in [0.2, 0.25) is 0 Å². The molecular formula is C27H18F3NO5S. The number of alkyl halides is 3. The summed E-state index contributed by atoms with van der Waals surface area (Å²) in [6.07, 6.45) is -4.58. The smallest absolute Gasteiger partial charge is 0.416 e. The number of pyridine rings is 1. The molecule has 5 aromatic rings. The van der Waals surface area contributed by atoms with E-state index in [0.29, 0.717) is 28.4 Å². The Morgan fingerprint density at radius 2 is 1.73 bits per heavy atom.